The monoisotopic (exact) mass is 255 g/mol. The Kier molecular flexibility index (Phi) is 7.18. The lowest BCUT2D eigenvalue weighted by molar-refractivity contribution is 0.281. The van der Waals surface area contributed by atoms with Crippen LogP contribution in [0.2, 0.25) is 0 Å². The summed E-state index contributed by atoms with van der Waals surface area (Å²) in [5.74, 6) is 1.54. The summed E-state index contributed by atoms with van der Waals surface area (Å²) < 4.78 is 23.2. The summed E-state index contributed by atoms with van der Waals surface area (Å²) in [6.07, 6.45) is 2.11. The number of halogens is 1. The summed E-state index contributed by atoms with van der Waals surface area (Å²) in [5, 5.41) is 0. The highest BCUT2D eigenvalue weighted by Gasteiger charge is 2.06. The molecule has 1 aromatic carbocycles. The molecular weight excluding hydrogens is 233 g/mol. The minimum Gasteiger partial charge on any atom is -0.493 e. The number of ether oxygens (including phenoxy) is 2. The molecule has 1 aromatic rings. The highest BCUT2D eigenvalue weighted by molar-refractivity contribution is 5.41. The molecule has 0 atom stereocenters. The predicted molar refractivity (Wildman–Crippen MR) is 71.1 cm³/mol. The van der Waals surface area contributed by atoms with Gasteiger partial charge in [0.05, 0.1) is 19.9 Å². The fourth-order valence-electron chi connectivity index (χ4n) is 1.58. The van der Waals surface area contributed by atoms with Crippen molar-refractivity contribution in [1.82, 2.24) is 0 Å². The van der Waals surface area contributed by atoms with Gasteiger partial charge in [0, 0.05) is 12.5 Å². The highest BCUT2D eigenvalue weighted by Crippen LogP contribution is 2.25. The average Bonchev–Trinajstić information content (AvgIpc) is 2.39. The van der Waals surface area contributed by atoms with E-state index >= 15 is 0 Å². The van der Waals surface area contributed by atoms with E-state index in [-0.39, 0.29) is 6.67 Å². The van der Waals surface area contributed by atoms with Gasteiger partial charge < -0.3 is 15.2 Å². The number of benzene rings is 1. The summed E-state index contributed by atoms with van der Waals surface area (Å²) in [7, 11) is 0. The maximum Gasteiger partial charge on any atom is 0.126 e. The molecule has 0 aliphatic carbocycles. The van der Waals surface area contributed by atoms with E-state index in [1.54, 1.807) is 0 Å². The summed E-state index contributed by atoms with van der Waals surface area (Å²) >= 11 is 0. The fraction of sp³-hybridized carbons (Fsp3) is 0.571. The zero-order valence-corrected chi connectivity index (χ0v) is 11.0. The molecule has 0 fully saturated rings. The molecule has 0 saturated heterocycles. The molecule has 0 amide bonds. The zero-order valence-electron chi connectivity index (χ0n) is 11.0. The standard InChI is InChI=1S/C14H22FNO2/c1-2-9-17-13-5-4-12(6-8-16)14(11-13)18-10-3-7-15/h4-5,11H,2-3,6-10,16H2,1H3. The number of alkyl halides is 1. The van der Waals surface area contributed by atoms with Crippen LogP contribution in [0.1, 0.15) is 25.3 Å². The summed E-state index contributed by atoms with van der Waals surface area (Å²) in [5.41, 5.74) is 6.60. The van der Waals surface area contributed by atoms with E-state index in [0.29, 0.717) is 26.2 Å². The SMILES string of the molecule is CCCOc1ccc(CCN)c(OCCCF)c1. The first-order valence-electron chi connectivity index (χ1n) is 6.46. The van der Waals surface area contributed by atoms with Crippen molar-refractivity contribution in [3.8, 4) is 11.5 Å². The van der Waals surface area contributed by atoms with Crippen LogP contribution in [-0.2, 0) is 6.42 Å². The third-order valence-corrected chi connectivity index (χ3v) is 2.46. The number of hydrogen-bond acceptors (Lipinski definition) is 3. The van der Waals surface area contributed by atoms with Gasteiger partial charge in [-0.15, -0.1) is 0 Å². The first kappa shape index (κ1) is 14.8. The molecule has 18 heavy (non-hydrogen) atoms. The zero-order chi connectivity index (χ0) is 13.2. The van der Waals surface area contributed by atoms with E-state index < -0.39 is 0 Å². The topological polar surface area (TPSA) is 44.5 Å². The fourth-order valence-corrected chi connectivity index (χ4v) is 1.58. The predicted octanol–water partition coefficient (Wildman–Crippen LogP) is 2.72. The first-order chi connectivity index (χ1) is 8.81. The van der Waals surface area contributed by atoms with Crippen LogP contribution < -0.4 is 15.2 Å². The molecular formula is C14H22FNO2. The number of rotatable bonds is 9. The maximum atomic E-state index is 12.1. The summed E-state index contributed by atoms with van der Waals surface area (Å²) in [4.78, 5) is 0. The first-order valence-corrected chi connectivity index (χ1v) is 6.46. The van der Waals surface area contributed by atoms with Crippen molar-refractivity contribution in [3.63, 3.8) is 0 Å². The van der Waals surface area contributed by atoms with Crippen LogP contribution in [0.25, 0.3) is 0 Å². The van der Waals surface area contributed by atoms with Gasteiger partial charge >= 0.3 is 0 Å². The summed E-state index contributed by atoms with van der Waals surface area (Å²) in [6, 6.07) is 5.74. The van der Waals surface area contributed by atoms with Crippen molar-refractivity contribution in [2.45, 2.75) is 26.2 Å². The minimum atomic E-state index is -0.363. The minimum absolute atomic E-state index is 0.363. The molecule has 0 heterocycles. The molecule has 0 radical (unpaired) electrons. The third-order valence-electron chi connectivity index (χ3n) is 2.46. The van der Waals surface area contributed by atoms with E-state index in [1.165, 1.54) is 0 Å². The number of nitrogens with two attached hydrogens (primary N) is 1. The van der Waals surface area contributed by atoms with Gasteiger partial charge in [-0.3, -0.25) is 4.39 Å². The van der Waals surface area contributed by atoms with Crippen LogP contribution in [0, 0.1) is 0 Å². The van der Waals surface area contributed by atoms with Crippen molar-refractivity contribution < 1.29 is 13.9 Å². The van der Waals surface area contributed by atoms with Crippen LogP contribution in [0.4, 0.5) is 4.39 Å². The average molecular weight is 255 g/mol. The molecule has 102 valence electrons. The molecule has 0 aliphatic heterocycles. The van der Waals surface area contributed by atoms with Crippen molar-refractivity contribution in [1.29, 1.82) is 0 Å². The van der Waals surface area contributed by atoms with E-state index in [0.717, 1.165) is 29.9 Å². The second-order valence-corrected chi connectivity index (χ2v) is 4.05. The van der Waals surface area contributed by atoms with Crippen LogP contribution in [0.5, 0.6) is 11.5 Å². The molecule has 3 nitrogen and oxygen atoms in total. The van der Waals surface area contributed by atoms with Gasteiger partial charge in [-0.25, -0.2) is 0 Å². The van der Waals surface area contributed by atoms with Gasteiger partial charge in [-0.2, -0.15) is 0 Å². The van der Waals surface area contributed by atoms with E-state index in [2.05, 4.69) is 6.92 Å². The quantitative estimate of drug-likeness (QED) is 0.690. The van der Waals surface area contributed by atoms with Gasteiger partial charge in [0.25, 0.3) is 0 Å². The van der Waals surface area contributed by atoms with E-state index in [4.69, 9.17) is 15.2 Å². The Hall–Kier alpha value is -1.29. The molecule has 4 heteroatoms. The lowest BCUT2D eigenvalue weighted by Crippen LogP contribution is -2.07. The van der Waals surface area contributed by atoms with Gasteiger partial charge in [-0.05, 0) is 31.0 Å². The van der Waals surface area contributed by atoms with Gasteiger partial charge in [0.2, 0.25) is 0 Å². The number of hydrogen-bond donors (Lipinski definition) is 1. The lowest BCUT2D eigenvalue weighted by Gasteiger charge is -2.13. The van der Waals surface area contributed by atoms with Crippen molar-refractivity contribution in [2.75, 3.05) is 26.4 Å². The summed E-state index contributed by atoms with van der Waals surface area (Å²) in [6.45, 7) is 3.32. The van der Waals surface area contributed by atoms with Crippen LogP contribution in [0.3, 0.4) is 0 Å². The van der Waals surface area contributed by atoms with Crippen LogP contribution in [0.15, 0.2) is 18.2 Å². The Balaban J connectivity index is 2.71. The molecule has 2 N–H and O–H groups in total. The Morgan fingerprint density at radius 1 is 1.22 bits per heavy atom. The molecule has 0 aromatic heterocycles. The van der Waals surface area contributed by atoms with Gasteiger partial charge in [0.15, 0.2) is 0 Å². The maximum absolute atomic E-state index is 12.1. The van der Waals surface area contributed by atoms with Crippen molar-refractivity contribution in [3.05, 3.63) is 23.8 Å². The lowest BCUT2D eigenvalue weighted by atomic mass is 10.1. The van der Waals surface area contributed by atoms with Crippen LogP contribution in [-0.4, -0.2) is 26.4 Å². The molecule has 0 saturated carbocycles. The molecule has 0 spiro atoms. The molecule has 0 aliphatic rings. The smallest absolute Gasteiger partial charge is 0.126 e. The Morgan fingerprint density at radius 2 is 2.06 bits per heavy atom. The molecule has 0 unspecified atom stereocenters. The van der Waals surface area contributed by atoms with Crippen molar-refractivity contribution >= 4 is 0 Å². The molecule has 1 rings (SSSR count). The highest BCUT2D eigenvalue weighted by atomic mass is 19.1. The Morgan fingerprint density at radius 3 is 2.72 bits per heavy atom. The van der Waals surface area contributed by atoms with E-state index in [1.807, 2.05) is 18.2 Å². The second kappa shape index (κ2) is 8.75. The van der Waals surface area contributed by atoms with Crippen molar-refractivity contribution in [2.24, 2.45) is 5.73 Å². The van der Waals surface area contributed by atoms with Gasteiger partial charge in [0.1, 0.15) is 11.5 Å². The van der Waals surface area contributed by atoms with Crippen LogP contribution >= 0.6 is 0 Å². The normalized spacial score (nSPS) is 10.4. The second-order valence-electron chi connectivity index (χ2n) is 4.05. The Bertz CT molecular complexity index is 345. The van der Waals surface area contributed by atoms with Gasteiger partial charge in [-0.1, -0.05) is 13.0 Å². The largest absolute Gasteiger partial charge is 0.493 e. The molecule has 0 bridgehead atoms. The van der Waals surface area contributed by atoms with E-state index in [9.17, 15) is 4.39 Å². The Labute approximate surface area is 108 Å². The third kappa shape index (κ3) is 4.92.